The first-order valence-corrected chi connectivity index (χ1v) is 44.7. The zero-order chi connectivity index (χ0) is 75.8. The maximum atomic E-state index is 4.93. The maximum absolute atomic E-state index is 4.93. The van der Waals surface area contributed by atoms with Crippen LogP contribution in [0.15, 0.2) is 303 Å². The van der Waals surface area contributed by atoms with E-state index in [0.717, 1.165) is 13.0 Å². The quantitative estimate of drug-likeness (QED) is 0.154. The van der Waals surface area contributed by atoms with Crippen molar-refractivity contribution in [1.29, 1.82) is 0 Å². The van der Waals surface area contributed by atoms with Gasteiger partial charge in [0.15, 0.2) is 0 Å². The Labute approximate surface area is 680 Å². The van der Waals surface area contributed by atoms with Crippen molar-refractivity contribution in [3.05, 3.63) is 303 Å². The van der Waals surface area contributed by atoms with Crippen molar-refractivity contribution in [1.82, 2.24) is 23.6 Å². The summed E-state index contributed by atoms with van der Waals surface area (Å²) in [6.45, 7) is 0.946. The van der Waals surface area contributed by atoms with Gasteiger partial charge in [0.05, 0.1) is 46.2 Å². The first-order valence-electron chi connectivity index (χ1n) is 44.7. The number of benzene rings is 12. The van der Waals surface area contributed by atoms with E-state index >= 15 is 0 Å². The molecule has 0 radical (unpaired) electrons. The van der Waals surface area contributed by atoms with E-state index in [-0.39, 0.29) is 6.04 Å². The number of fused-ring (bicyclic) bond motifs is 24. The summed E-state index contributed by atoms with van der Waals surface area (Å²) < 4.78 is 10.9. The Bertz CT molecular complexity index is 5920. The van der Waals surface area contributed by atoms with Crippen LogP contribution in [0.5, 0.6) is 0 Å². The minimum atomic E-state index is 0.230. The average Bonchev–Trinajstić information content (AvgIpc) is 1.03. The first kappa shape index (κ1) is 68.2. The first-order chi connectivity index (χ1) is 57.6. The third-order valence-corrected chi connectivity index (χ3v) is 31.9. The van der Waals surface area contributed by atoms with Gasteiger partial charge in [0.2, 0.25) is 0 Å². The zero-order valence-electron chi connectivity index (χ0n) is 66.4. The number of piperidine rings is 1. The van der Waals surface area contributed by atoms with Gasteiger partial charge >= 0.3 is 0 Å². The molecular formula is C107H103N9. The summed E-state index contributed by atoms with van der Waals surface area (Å²) in [5.41, 5.74) is 18.8. The molecule has 16 aromatic rings. The van der Waals surface area contributed by atoms with Crippen LogP contribution in [0, 0.1) is 41.4 Å². The van der Waals surface area contributed by atoms with Crippen LogP contribution in [0.1, 0.15) is 115 Å². The number of aromatic nitrogens is 4. The van der Waals surface area contributed by atoms with Gasteiger partial charge in [-0.05, 0) is 240 Å². The summed E-state index contributed by atoms with van der Waals surface area (Å²) in [6.07, 6.45) is 19.8. The molecule has 576 valence electrons. The molecule has 6 aliphatic carbocycles. The zero-order valence-corrected chi connectivity index (χ0v) is 66.4. The van der Waals surface area contributed by atoms with Crippen molar-refractivity contribution in [2.45, 2.75) is 169 Å². The van der Waals surface area contributed by atoms with Crippen LogP contribution in [0.4, 0.5) is 22.7 Å². The summed E-state index contributed by atoms with van der Waals surface area (Å²) in [4.78, 5) is 12.5. The van der Waals surface area contributed by atoms with Gasteiger partial charge in [-0.25, -0.2) is 0 Å². The Morgan fingerprint density at radius 1 is 0.207 bits per heavy atom. The lowest BCUT2D eigenvalue weighted by Gasteiger charge is -2.68. The number of para-hydroxylation sites is 10. The van der Waals surface area contributed by atoms with Crippen LogP contribution in [0.25, 0.3) is 98.6 Å². The molecule has 9 fully saturated rings. The number of nitrogens with zero attached hydrogens (tertiary/aromatic N) is 8. The molecule has 25 rings (SSSR count). The largest absolute Gasteiger partial charge is 0.361 e. The summed E-state index contributed by atoms with van der Waals surface area (Å²) in [6, 6.07) is 123. The molecule has 116 heavy (non-hydrogen) atoms. The fourth-order valence-electron chi connectivity index (χ4n) is 27.9. The average molecular weight is 1520 g/mol. The predicted molar refractivity (Wildman–Crippen MR) is 482 cm³/mol. The Hall–Kier alpha value is -11.0. The highest BCUT2D eigenvalue weighted by Crippen LogP contribution is 2.64. The highest BCUT2D eigenvalue weighted by atomic mass is 15.4. The van der Waals surface area contributed by atoms with Crippen molar-refractivity contribution in [3.63, 3.8) is 0 Å². The van der Waals surface area contributed by atoms with E-state index in [1.807, 2.05) is 0 Å². The smallest absolute Gasteiger partial charge is 0.0541 e. The van der Waals surface area contributed by atoms with Crippen molar-refractivity contribution >= 4 is 110 Å². The third kappa shape index (κ3) is 10.4. The van der Waals surface area contributed by atoms with Crippen molar-refractivity contribution in [2.24, 2.45) is 41.4 Å². The summed E-state index contributed by atoms with van der Waals surface area (Å²) >= 11 is 0. The van der Waals surface area contributed by atoms with E-state index in [0.29, 0.717) is 102 Å². The molecule has 18 atom stereocenters. The van der Waals surface area contributed by atoms with Gasteiger partial charge in [0.25, 0.3) is 0 Å². The van der Waals surface area contributed by atoms with Gasteiger partial charge < -0.3 is 43.2 Å². The van der Waals surface area contributed by atoms with Gasteiger partial charge in [0.1, 0.15) is 0 Å². The number of rotatable bonds is 8. The monoisotopic (exact) mass is 1510 g/mol. The fourth-order valence-corrected chi connectivity index (χ4v) is 27.9. The van der Waals surface area contributed by atoms with Crippen LogP contribution in [-0.2, 0) is 0 Å². The number of hydrogen-bond acceptors (Lipinski definition) is 5. The third-order valence-electron chi connectivity index (χ3n) is 31.9. The van der Waals surface area contributed by atoms with Crippen molar-refractivity contribution in [2.75, 3.05) is 26.1 Å². The minimum Gasteiger partial charge on any atom is -0.361 e. The highest BCUT2D eigenvalue weighted by Gasteiger charge is 2.63. The minimum absolute atomic E-state index is 0.230. The maximum Gasteiger partial charge on any atom is 0.0541 e. The molecule has 4 aromatic heterocycles. The van der Waals surface area contributed by atoms with Crippen LogP contribution < -0.4 is 24.9 Å². The molecule has 0 amide bonds. The number of hydrogen-bond donors (Lipinski definition) is 1. The predicted octanol–water partition coefficient (Wildman–Crippen LogP) is 24.5. The van der Waals surface area contributed by atoms with E-state index in [1.165, 1.54) is 218 Å². The molecule has 7 heterocycles. The second-order valence-corrected chi connectivity index (χ2v) is 36.9. The van der Waals surface area contributed by atoms with Gasteiger partial charge in [-0.3, -0.25) is 0 Å². The van der Waals surface area contributed by atoms with Crippen LogP contribution in [0.2, 0.25) is 0 Å². The molecule has 18 unspecified atom stereocenters. The van der Waals surface area contributed by atoms with E-state index in [9.17, 15) is 0 Å². The molecule has 0 bridgehead atoms. The summed E-state index contributed by atoms with van der Waals surface area (Å²) in [5, 5.41) is 15.6. The highest BCUT2D eigenvalue weighted by molar-refractivity contribution is 6.13. The molecule has 3 aliphatic heterocycles. The lowest BCUT2D eigenvalue weighted by atomic mass is 9.48. The number of anilines is 4. The van der Waals surface area contributed by atoms with Crippen LogP contribution in [0.3, 0.4) is 0 Å². The van der Waals surface area contributed by atoms with E-state index in [1.54, 1.807) is 0 Å². The molecule has 9 heteroatoms. The Morgan fingerprint density at radius 2 is 0.491 bits per heavy atom. The summed E-state index contributed by atoms with van der Waals surface area (Å²) in [7, 11) is 0. The van der Waals surface area contributed by atoms with Crippen LogP contribution >= 0.6 is 0 Å². The number of nitrogens with one attached hydrogen (secondary N) is 1. The second kappa shape index (κ2) is 27.3. The lowest BCUT2D eigenvalue weighted by molar-refractivity contribution is -0.0864. The van der Waals surface area contributed by atoms with Gasteiger partial charge in [-0.15, -0.1) is 0 Å². The standard InChI is InChI=1S/C107H103N9/c1-5-29-68(30-6-1)109-99-49-25-26-50-100(99)110(69-31-7-2-8-32-69)104-64-85-84(63-103(104)109)76-56-53-72(115-95-47-23-17-41-81(95)87-60-73(54-57-97(87)115)113-91-43-19-13-37-77(91)78-38-14-20-44-92(78)113)59-83(76)89-62-75(116-96-48-24-18-42-82(96)88-61-74(55-58-98(88)116)114-93-45-21-15-39-79(93)80-40-16-22-46-94(80)114)67-108-107(89)90-66-106-105(65-86(85)90)111(70-33-9-3-10-34-70)101-51-27-28-52-102(101)112(106)71-35-11-4-12-36-71/h1-24,29-48,54-55,57-58,60-61,72,75-76,83-86,89-90,99-108H,25-28,49-53,56,59,62-67H2. The Morgan fingerprint density at radius 3 is 0.879 bits per heavy atom. The topological polar surface area (TPSA) is 44.7 Å². The molecule has 3 saturated heterocycles. The Balaban J connectivity index is 0.694. The normalized spacial score (nSPS) is 29.2. The van der Waals surface area contributed by atoms with Crippen molar-refractivity contribution in [3.8, 4) is 11.4 Å². The molecule has 9 aliphatic rings. The molecule has 9 nitrogen and oxygen atoms in total. The lowest BCUT2D eigenvalue weighted by Crippen LogP contribution is -2.75. The molecule has 6 saturated carbocycles. The van der Waals surface area contributed by atoms with Gasteiger partial charge in [-0.2, -0.15) is 0 Å². The van der Waals surface area contributed by atoms with E-state index in [4.69, 9.17) is 5.32 Å². The van der Waals surface area contributed by atoms with E-state index < -0.39 is 0 Å². The SMILES string of the molecule is c1ccc(N2C3CCCCC3N(c3ccccc3)C3CC4C(CC32)C2CCC(n3c5ccccc5c5cc(-n6c7ccccc7c7ccccc76)ccc53)CC2C2CC(n3c5ccccc5c5cc(-n6c7ccccc7c7ccccc76)ccc53)CNC2C2CC3C(CC42)N(c2ccccc2)C2CCCCC2N3c2ccccc2)cc1. The van der Waals surface area contributed by atoms with Gasteiger partial charge in [-0.1, -0.05) is 208 Å². The van der Waals surface area contributed by atoms with E-state index in [2.05, 4.69) is 341 Å². The van der Waals surface area contributed by atoms with Crippen LogP contribution in [-0.4, -0.2) is 79.2 Å². The summed E-state index contributed by atoms with van der Waals surface area (Å²) in [5.74, 6) is 3.46. The fraction of sp³-hybridized carbons (Fsp3) is 0.327. The van der Waals surface area contributed by atoms with Gasteiger partial charge in [0, 0.05) is 148 Å². The van der Waals surface area contributed by atoms with Crippen molar-refractivity contribution < 1.29 is 0 Å². The second-order valence-electron chi connectivity index (χ2n) is 36.9. The molecular weight excluding hydrogens is 1410 g/mol. The molecule has 1 N–H and O–H groups in total. The molecule has 0 spiro atoms. The molecule has 12 aromatic carbocycles. The number of piperazine rings is 2. The Kier molecular flexibility index (Phi) is 16.1.